The Labute approximate surface area is 158 Å². The van der Waals surface area contributed by atoms with Gasteiger partial charge in [0.1, 0.15) is 12.1 Å². The predicted octanol–water partition coefficient (Wildman–Crippen LogP) is 2.30. The van der Waals surface area contributed by atoms with Crippen molar-refractivity contribution in [1.82, 2.24) is 0 Å². The van der Waals surface area contributed by atoms with Crippen molar-refractivity contribution in [2.45, 2.75) is 0 Å². The lowest BCUT2D eigenvalue weighted by Crippen LogP contribution is -2.33. The first-order chi connectivity index (χ1) is 12.7. The second-order valence-corrected chi connectivity index (χ2v) is 8.27. The van der Waals surface area contributed by atoms with Crippen LogP contribution in [0.4, 0.5) is 5.69 Å². The van der Waals surface area contributed by atoms with E-state index in [0.29, 0.717) is 16.6 Å². The fraction of sp³-hybridized carbons (Fsp3) is 0.176. The number of thiophene rings is 1. The van der Waals surface area contributed by atoms with Crippen LogP contribution in [0.3, 0.4) is 0 Å². The summed E-state index contributed by atoms with van der Waals surface area (Å²) in [6, 6.07) is 10.1. The summed E-state index contributed by atoms with van der Waals surface area (Å²) in [5.41, 5.74) is 0.518. The van der Waals surface area contributed by atoms with Gasteiger partial charge in [0.15, 0.2) is 0 Å². The molecule has 8 nitrogen and oxygen atoms in total. The first kappa shape index (κ1) is 19.1. The van der Waals surface area contributed by atoms with Crippen LogP contribution in [0, 0.1) is 0 Å². The van der Waals surface area contributed by atoms with Crippen molar-refractivity contribution in [3.8, 4) is 10.4 Å². The summed E-state index contributed by atoms with van der Waals surface area (Å²) < 4.78 is 36.2. The molecule has 0 aliphatic rings. The van der Waals surface area contributed by atoms with Crippen LogP contribution in [0.25, 0.3) is 21.4 Å². The molecule has 0 fully saturated rings. The summed E-state index contributed by atoms with van der Waals surface area (Å²) in [6.07, 6.45) is 0. The number of fused-ring (bicyclic) bond motifs is 1. The van der Waals surface area contributed by atoms with Crippen molar-refractivity contribution in [2.75, 3.05) is 23.7 Å². The molecule has 0 aliphatic carbocycles. The van der Waals surface area contributed by atoms with E-state index >= 15 is 0 Å². The van der Waals surface area contributed by atoms with Crippen molar-refractivity contribution in [1.29, 1.82) is 0 Å². The fourth-order valence-corrected chi connectivity index (χ4v) is 3.77. The molecule has 0 aliphatic heterocycles. The lowest BCUT2D eigenvalue weighted by molar-refractivity contribution is -0.135. The maximum atomic E-state index is 12.3. The highest BCUT2D eigenvalue weighted by atomic mass is 32.2. The molecule has 2 heterocycles. The van der Waals surface area contributed by atoms with E-state index in [1.807, 2.05) is 11.4 Å². The summed E-state index contributed by atoms with van der Waals surface area (Å²) >= 11 is 1.41. The van der Waals surface area contributed by atoms with Gasteiger partial charge in [0.05, 0.1) is 11.3 Å². The maximum Gasteiger partial charge on any atom is 0.345 e. The molecule has 27 heavy (non-hydrogen) atoms. The van der Waals surface area contributed by atoms with Gasteiger partial charge in [-0.15, -0.1) is 11.3 Å². The van der Waals surface area contributed by atoms with Gasteiger partial charge in [0, 0.05) is 28.6 Å². The van der Waals surface area contributed by atoms with Crippen LogP contribution in [0.15, 0.2) is 51.0 Å². The third-order valence-corrected chi connectivity index (χ3v) is 5.42. The zero-order valence-electron chi connectivity index (χ0n) is 13.9. The van der Waals surface area contributed by atoms with Crippen LogP contribution < -0.4 is 10.5 Å². The van der Waals surface area contributed by atoms with Gasteiger partial charge < -0.3 is 14.4 Å². The zero-order valence-corrected chi connectivity index (χ0v) is 15.5. The van der Waals surface area contributed by atoms with Gasteiger partial charge in [-0.1, -0.05) is 6.07 Å². The summed E-state index contributed by atoms with van der Waals surface area (Å²) in [4.78, 5) is 25.4. The summed E-state index contributed by atoms with van der Waals surface area (Å²) in [7, 11) is -4.25. The summed E-state index contributed by atoms with van der Waals surface area (Å²) in [5, 5.41) is 11.5. The van der Waals surface area contributed by atoms with Crippen LogP contribution in [-0.2, 0) is 14.9 Å². The Morgan fingerprint density at radius 3 is 2.63 bits per heavy atom. The fourth-order valence-electron chi connectivity index (χ4n) is 2.59. The summed E-state index contributed by atoms with van der Waals surface area (Å²) in [6.45, 7) is -0.702. The molecule has 2 aromatic heterocycles. The highest BCUT2D eigenvalue weighted by Gasteiger charge is 2.16. The standard InChI is InChI=1S/C17H15NO7S2/c19-16(20)10-18(5-7-27(22,23)24)12-4-3-11-8-13(15-2-1-6-26-15)17(21)25-14(11)9-12/h1-4,6,8-9H,5,7,10H2,(H,19,20)(H,22,23,24). The van der Waals surface area contributed by atoms with Gasteiger partial charge in [-0.05, 0) is 29.6 Å². The molecule has 10 heteroatoms. The molecule has 142 valence electrons. The second-order valence-electron chi connectivity index (χ2n) is 5.75. The third kappa shape index (κ3) is 4.73. The van der Waals surface area contributed by atoms with Gasteiger partial charge in [0.25, 0.3) is 10.1 Å². The van der Waals surface area contributed by atoms with Gasteiger partial charge in [-0.3, -0.25) is 9.35 Å². The molecule has 0 spiro atoms. The average molecular weight is 409 g/mol. The number of nitrogens with zero attached hydrogens (tertiary/aromatic N) is 1. The van der Waals surface area contributed by atoms with Crippen LogP contribution in [0.5, 0.6) is 0 Å². The van der Waals surface area contributed by atoms with E-state index in [-0.39, 0.29) is 12.1 Å². The first-order valence-electron chi connectivity index (χ1n) is 7.76. The lowest BCUT2D eigenvalue weighted by Gasteiger charge is -2.22. The average Bonchev–Trinajstić information content (AvgIpc) is 3.10. The minimum absolute atomic E-state index is 0.228. The number of carboxylic acids is 1. The normalized spacial score (nSPS) is 11.6. The largest absolute Gasteiger partial charge is 0.480 e. The quantitative estimate of drug-likeness (QED) is 0.450. The zero-order chi connectivity index (χ0) is 19.6. The Bertz CT molecular complexity index is 1130. The molecule has 0 saturated carbocycles. The van der Waals surface area contributed by atoms with E-state index < -0.39 is 34.0 Å². The molecule has 0 unspecified atom stereocenters. The molecule has 0 atom stereocenters. The maximum absolute atomic E-state index is 12.3. The van der Waals surface area contributed by atoms with Crippen molar-refractivity contribution < 1.29 is 27.3 Å². The number of rotatable bonds is 7. The van der Waals surface area contributed by atoms with E-state index in [1.165, 1.54) is 22.3 Å². The Morgan fingerprint density at radius 2 is 2.00 bits per heavy atom. The van der Waals surface area contributed by atoms with Crippen molar-refractivity contribution in [2.24, 2.45) is 0 Å². The smallest absolute Gasteiger partial charge is 0.345 e. The van der Waals surface area contributed by atoms with E-state index in [0.717, 1.165) is 4.88 Å². The molecule has 1 aromatic carbocycles. The SMILES string of the molecule is O=C(O)CN(CCS(=O)(=O)O)c1ccc2cc(-c3cccs3)c(=O)oc2c1. The van der Waals surface area contributed by atoms with Crippen LogP contribution in [0.2, 0.25) is 0 Å². The molecule has 3 aromatic rings. The number of anilines is 1. The number of aliphatic carboxylic acids is 1. The van der Waals surface area contributed by atoms with Gasteiger partial charge in [-0.25, -0.2) is 4.79 Å². The van der Waals surface area contributed by atoms with Gasteiger partial charge >= 0.3 is 11.6 Å². The number of benzene rings is 1. The van der Waals surface area contributed by atoms with E-state index in [4.69, 9.17) is 14.1 Å². The topological polar surface area (TPSA) is 125 Å². The van der Waals surface area contributed by atoms with E-state index in [2.05, 4.69) is 0 Å². The molecule has 0 saturated heterocycles. The van der Waals surface area contributed by atoms with Gasteiger partial charge in [0.2, 0.25) is 0 Å². The van der Waals surface area contributed by atoms with Crippen LogP contribution >= 0.6 is 11.3 Å². The highest BCUT2D eigenvalue weighted by Crippen LogP contribution is 2.27. The van der Waals surface area contributed by atoms with Crippen molar-refractivity contribution in [3.63, 3.8) is 0 Å². The molecule has 3 rings (SSSR count). The predicted molar refractivity (Wildman–Crippen MR) is 102 cm³/mol. The Kier molecular flexibility index (Phi) is 5.31. The highest BCUT2D eigenvalue weighted by molar-refractivity contribution is 7.85. The van der Waals surface area contributed by atoms with Crippen molar-refractivity contribution >= 4 is 44.1 Å². The second kappa shape index (κ2) is 7.51. The number of carbonyl (C=O) groups is 1. The lowest BCUT2D eigenvalue weighted by atomic mass is 10.1. The van der Waals surface area contributed by atoms with Crippen LogP contribution in [0.1, 0.15) is 0 Å². The van der Waals surface area contributed by atoms with E-state index in [9.17, 15) is 18.0 Å². The monoisotopic (exact) mass is 409 g/mol. The Morgan fingerprint density at radius 1 is 1.22 bits per heavy atom. The molecular formula is C17H15NO7S2. The number of hydrogen-bond acceptors (Lipinski definition) is 7. The molecule has 2 N–H and O–H groups in total. The van der Waals surface area contributed by atoms with Crippen LogP contribution in [-0.4, -0.2) is 42.9 Å². The number of carboxylic acid groups (broad SMARTS) is 1. The Balaban J connectivity index is 1.99. The molecule has 0 radical (unpaired) electrons. The minimum atomic E-state index is -4.25. The van der Waals surface area contributed by atoms with Gasteiger partial charge in [-0.2, -0.15) is 8.42 Å². The molecule has 0 amide bonds. The Hall–Kier alpha value is -2.69. The third-order valence-electron chi connectivity index (χ3n) is 3.82. The van der Waals surface area contributed by atoms with E-state index in [1.54, 1.807) is 24.3 Å². The minimum Gasteiger partial charge on any atom is -0.480 e. The van der Waals surface area contributed by atoms with Crippen molar-refractivity contribution in [3.05, 3.63) is 52.2 Å². The molecular weight excluding hydrogens is 394 g/mol. The first-order valence-corrected chi connectivity index (χ1v) is 10.3. The summed E-state index contributed by atoms with van der Waals surface area (Å²) in [5.74, 6) is -1.79. The number of hydrogen-bond donors (Lipinski definition) is 2. The molecule has 0 bridgehead atoms.